The SMILES string of the molecule is Cc1nnc(-c2c(Br)cccc2I)nn1. The van der Waals surface area contributed by atoms with Crippen LogP contribution in [-0.2, 0) is 0 Å². The van der Waals surface area contributed by atoms with E-state index in [1.165, 1.54) is 0 Å². The number of aryl methyl sites for hydroxylation is 1. The van der Waals surface area contributed by atoms with Gasteiger partial charge in [-0.25, -0.2) is 0 Å². The van der Waals surface area contributed by atoms with E-state index >= 15 is 0 Å². The van der Waals surface area contributed by atoms with Gasteiger partial charge in [0.2, 0.25) is 5.82 Å². The van der Waals surface area contributed by atoms with Crippen molar-refractivity contribution in [1.82, 2.24) is 20.4 Å². The molecule has 0 aliphatic rings. The Labute approximate surface area is 109 Å². The minimum absolute atomic E-state index is 0.539. The number of nitrogens with zero attached hydrogens (tertiary/aromatic N) is 4. The molecule has 0 N–H and O–H groups in total. The van der Waals surface area contributed by atoms with Crippen LogP contribution in [0.5, 0.6) is 0 Å². The average molecular weight is 377 g/mol. The molecule has 2 aromatic rings. The molecule has 1 heterocycles. The number of hydrogen-bond donors (Lipinski definition) is 0. The summed E-state index contributed by atoms with van der Waals surface area (Å²) in [4.78, 5) is 0. The quantitative estimate of drug-likeness (QED) is 0.718. The summed E-state index contributed by atoms with van der Waals surface area (Å²) in [6, 6.07) is 5.90. The molecule has 6 heteroatoms. The lowest BCUT2D eigenvalue weighted by Gasteiger charge is -2.03. The Morgan fingerprint density at radius 2 is 1.80 bits per heavy atom. The first-order chi connectivity index (χ1) is 7.18. The first-order valence-electron chi connectivity index (χ1n) is 4.17. The van der Waals surface area contributed by atoms with E-state index in [9.17, 15) is 0 Å². The first kappa shape index (κ1) is 10.9. The summed E-state index contributed by atoms with van der Waals surface area (Å²) in [5.41, 5.74) is 0.929. The Balaban J connectivity index is 2.58. The zero-order valence-corrected chi connectivity index (χ0v) is 11.5. The van der Waals surface area contributed by atoms with Gasteiger partial charge in [0.1, 0.15) is 0 Å². The van der Waals surface area contributed by atoms with Crippen LogP contribution < -0.4 is 0 Å². The highest BCUT2D eigenvalue weighted by molar-refractivity contribution is 14.1. The largest absolute Gasteiger partial charge is 0.205 e. The fourth-order valence-corrected chi connectivity index (χ4v) is 2.74. The molecule has 0 fully saturated rings. The Morgan fingerprint density at radius 3 is 2.40 bits per heavy atom. The van der Waals surface area contributed by atoms with E-state index in [1.54, 1.807) is 6.92 Å². The van der Waals surface area contributed by atoms with Crippen molar-refractivity contribution in [3.05, 3.63) is 32.1 Å². The standard InChI is InChI=1S/C9H6BrIN4/c1-5-12-14-9(15-13-5)8-6(10)3-2-4-7(8)11/h2-4H,1H3. The van der Waals surface area contributed by atoms with Crippen molar-refractivity contribution in [2.45, 2.75) is 6.92 Å². The number of hydrogen-bond acceptors (Lipinski definition) is 4. The Kier molecular flexibility index (Phi) is 3.25. The lowest BCUT2D eigenvalue weighted by atomic mass is 10.2. The summed E-state index contributed by atoms with van der Waals surface area (Å²) in [6.45, 7) is 1.76. The average Bonchev–Trinajstić information content (AvgIpc) is 2.20. The molecule has 0 aliphatic heterocycles. The molecule has 0 unspecified atom stereocenters. The highest BCUT2D eigenvalue weighted by atomic mass is 127. The van der Waals surface area contributed by atoms with Gasteiger partial charge in [-0.3, -0.25) is 0 Å². The Bertz CT molecular complexity index is 466. The van der Waals surface area contributed by atoms with Crippen molar-refractivity contribution in [2.75, 3.05) is 0 Å². The molecule has 1 aromatic carbocycles. The summed E-state index contributed by atoms with van der Waals surface area (Å²) in [7, 11) is 0. The van der Waals surface area contributed by atoms with Gasteiger partial charge in [0.05, 0.1) is 5.56 Å². The lowest BCUT2D eigenvalue weighted by molar-refractivity contribution is 0.815. The molecule has 0 saturated carbocycles. The fourth-order valence-electron chi connectivity index (χ4n) is 1.09. The molecule has 0 atom stereocenters. The molecular formula is C9H6BrIN4. The van der Waals surface area contributed by atoms with Gasteiger partial charge in [0.15, 0.2) is 5.82 Å². The van der Waals surface area contributed by atoms with E-state index in [-0.39, 0.29) is 0 Å². The van der Waals surface area contributed by atoms with Crippen molar-refractivity contribution < 1.29 is 0 Å². The van der Waals surface area contributed by atoms with Gasteiger partial charge < -0.3 is 0 Å². The minimum Gasteiger partial charge on any atom is -0.131 e. The number of benzene rings is 1. The molecule has 0 spiro atoms. The van der Waals surface area contributed by atoms with Gasteiger partial charge in [-0.1, -0.05) is 6.07 Å². The fraction of sp³-hybridized carbons (Fsp3) is 0.111. The molecule has 0 radical (unpaired) electrons. The molecule has 2 rings (SSSR count). The van der Waals surface area contributed by atoms with E-state index in [0.717, 1.165) is 13.6 Å². The molecule has 15 heavy (non-hydrogen) atoms. The number of halogens is 2. The third-order valence-electron chi connectivity index (χ3n) is 1.77. The molecule has 76 valence electrons. The van der Waals surface area contributed by atoms with Crippen LogP contribution in [0.1, 0.15) is 5.82 Å². The van der Waals surface area contributed by atoms with Crippen LogP contribution in [0, 0.1) is 10.5 Å². The van der Waals surface area contributed by atoms with Gasteiger partial charge in [0.25, 0.3) is 0 Å². The van der Waals surface area contributed by atoms with Crippen LogP contribution >= 0.6 is 38.5 Å². The summed E-state index contributed by atoms with van der Waals surface area (Å²) in [5, 5.41) is 15.8. The van der Waals surface area contributed by atoms with Crippen molar-refractivity contribution >= 4 is 38.5 Å². The maximum Gasteiger partial charge on any atom is 0.205 e. The zero-order valence-electron chi connectivity index (χ0n) is 7.78. The first-order valence-corrected chi connectivity index (χ1v) is 6.04. The molecule has 4 nitrogen and oxygen atoms in total. The maximum atomic E-state index is 4.01. The number of rotatable bonds is 1. The summed E-state index contributed by atoms with van der Waals surface area (Å²) in [6.07, 6.45) is 0. The van der Waals surface area contributed by atoms with Crippen LogP contribution in [-0.4, -0.2) is 20.4 Å². The van der Waals surface area contributed by atoms with Gasteiger partial charge >= 0.3 is 0 Å². The van der Waals surface area contributed by atoms with Crippen LogP contribution in [0.15, 0.2) is 22.7 Å². The second kappa shape index (κ2) is 4.48. The smallest absolute Gasteiger partial charge is 0.131 e. The van der Waals surface area contributed by atoms with Crippen LogP contribution in [0.25, 0.3) is 11.4 Å². The number of aromatic nitrogens is 4. The maximum absolute atomic E-state index is 4.01. The van der Waals surface area contributed by atoms with Crippen LogP contribution in [0.4, 0.5) is 0 Å². The van der Waals surface area contributed by atoms with Crippen LogP contribution in [0.3, 0.4) is 0 Å². The molecule has 0 aliphatic carbocycles. The minimum atomic E-state index is 0.539. The Morgan fingerprint density at radius 1 is 1.13 bits per heavy atom. The molecule has 0 saturated heterocycles. The lowest BCUT2D eigenvalue weighted by Crippen LogP contribution is -2.00. The second-order valence-corrected chi connectivity index (χ2v) is 4.88. The van der Waals surface area contributed by atoms with E-state index in [0.29, 0.717) is 11.6 Å². The Hall–Kier alpha value is -0.630. The van der Waals surface area contributed by atoms with E-state index < -0.39 is 0 Å². The van der Waals surface area contributed by atoms with Gasteiger partial charge in [-0.05, 0) is 57.6 Å². The molecular weight excluding hydrogens is 371 g/mol. The monoisotopic (exact) mass is 376 g/mol. The molecule has 0 bridgehead atoms. The highest BCUT2D eigenvalue weighted by Gasteiger charge is 2.10. The zero-order chi connectivity index (χ0) is 10.8. The summed E-state index contributed by atoms with van der Waals surface area (Å²) in [5.74, 6) is 1.11. The van der Waals surface area contributed by atoms with Gasteiger partial charge in [-0.2, -0.15) is 0 Å². The van der Waals surface area contributed by atoms with Gasteiger partial charge in [-0.15, -0.1) is 20.4 Å². The topological polar surface area (TPSA) is 51.6 Å². The highest BCUT2D eigenvalue weighted by Crippen LogP contribution is 2.29. The van der Waals surface area contributed by atoms with E-state index in [4.69, 9.17) is 0 Å². The third-order valence-corrected chi connectivity index (χ3v) is 3.33. The summed E-state index contributed by atoms with van der Waals surface area (Å²) < 4.78 is 2.01. The third kappa shape index (κ3) is 2.31. The predicted octanol–water partition coefficient (Wildman–Crippen LogP) is 2.61. The van der Waals surface area contributed by atoms with Crippen molar-refractivity contribution in [3.63, 3.8) is 0 Å². The molecule has 1 aromatic heterocycles. The van der Waals surface area contributed by atoms with E-state index in [2.05, 4.69) is 58.9 Å². The van der Waals surface area contributed by atoms with Gasteiger partial charge in [0, 0.05) is 8.04 Å². The van der Waals surface area contributed by atoms with Crippen molar-refractivity contribution in [1.29, 1.82) is 0 Å². The summed E-state index contributed by atoms with van der Waals surface area (Å²) >= 11 is 5.69. The second-order valence-electron chi connectivity index (χ2n) is 2.87. The van der Waals surface area contributed by atoms with Crippen molar-refractivity contribution in [2.24, 2.45) is 0 Å². The van der Waals surface area contributed by atoms with Crippen LogP contribution in [0.2, 0.25) is 0 Å². The predicted molar refractivity (Wildman–Crippen MR) is 68.2 cm³/mol. The van der Waals surface area contributed by atoms with E-state index in [1.807, 2.05) is 18.2 Å². The molecule has 0 amide bonds. The normalized spacial score (nSPS) is 10.3. The van der Waals surface area contributed by atoms with Crippen molar-refractivity contribution in [3.8, 4) is 11.4 Å².